The van der Waals surface area contributed by atoms with Gasteiger partial charge in [0, 0.05) is 6.04 Å². The highest BCUT2D eigenvalue weighted by molar-refractivity contribution is 7.99. The molecule has 1 atom stereocenters. The number of hydrogen-bond donors (Lipinski definition) is 1. The van der Waals surface area contributed by atoms with Crippen molar-refractivity contribution < 1.29 is 4.79 Å². The van der Waals surface area contributed by atoms with Crippen LogP contribution in [0.3, 0.4) is 0 Å². The molecule has 1 aliphatic rings. The van der Waals surface area contributed by atoms with Crippen LogP contribution in [-0.2, 0) is 4.79 Å². The average molecular weight is 385 g/mol. The van der Waals surface area contributed by atoms with E-state index in [0.717, 1.165) is 16.2 Å². The molecular weight excluding hydrogens is 356 g/mol. The minimum Gasteiger partial charge on any atom is -0.337 e. The number of benzene rings is 1. The van der Waals surface area contributed by atoms with Gasteiger partial charge in [-0.15, -0.1) is 0 Å². The first kappa shape index (κ1) is 19.8. The van der Waals surface area contributed by atoms with E-state index in [1.165, 1.54) is 43.9 Å². The summed E-state index contributed by atoms with van der Waals surface area (Å²) in [4.78, 5) is 17.3. The Hall–Kier alpha value is -2.00. The van der Waals surface area contributed by atoms with Crippen LogP contribution in [0.4, 0.5) is 0 Å². The van der Waals surface area contributed by atoms with Gasteiger partial charge in [-0.25, -0.2) is 4.98 Å². The molecule has 0 spiro atoms. The van der Waals surface area contributed by atoms with Crippen LogP contribution in [0.1, 0.15) is 58.9 Å². The molecule has 1 aliphatic carbocycles. The average Bonchev–Trinajstić information content (AvgIpc) is 3.05. The predicted octanol–water partition coefficient (Wildman–Crippen LogP) is 4.69. The number of hydrogen-bond acceptors (Lipinski definition) is 4. The number of amides is 1. The Bertz CT molecular complexity index is 847. The molecule has 3 rings (SSSR count). The molecule has 1 heterocycles. The van der Waals surface area contributed by atoms with Gasteiger partial charge < -0.3 is 9.88 Å². The third-order valence-corrected chi connectivity index (χ3v) is 6.57. The number of para-hydroxylation sites is 2. The molecule has 144 valence electrons. The number of nitrogens with zero attached hydrogens (tertiary/aromatic N) is 3. The van der Waals surface area contributed by atoms with Gasteiger partial charge in [0.2, 0.25) is 5.91 Å². The lowest BCUT2D eigenvalue weighted by molar-refractivity contribution is -0.120. The van der Waals surface area contributed by atoms with Crippen LogP contribution in [0.5, 0.6) is 0 Å². The molecule has 2 aromatic rings. The molecule has 0 unspecified atom stereocenters. The van der Waals surface area contributed by atoms with Crippen LogP contribution in [0.15, 0.2) is 29.4 Å². The van der Waals surface area contributed by atoms with Crippen LogP contribution < -0.4 is 5.32 Å². The largest absolute Gasteiger partial charge is 0.337 e. The number of thioether (sulfide) groups is 1. The van der Waals surface area contributed by atoms with Crippen molar-refractivity contribution in [2.45, 2.75) is 69.6 Å². The summed E-state index contributed by atoms with van der Waals surface area (Å²) in [7, 11) is 0. The Labute approximate surface area is 165 Å². The molecule has 1 saturated carbocycles. The van der Waals surface area contributed by atoms with Gasteiger partial charge in [0.05, 0.1) is 22.9 Å². The third kappa shape index (κ3) is 4.30. The molecule has 0 bridgehead atoms. The van der Waals surface area contributed by atoms with Crippen molar-refractivity contribution in [3.63, 3.8) is 0 Å². The monoisotopic (exact) mass is 384 g/mol. The minimum atomic E-state index is -0.846. The smallest absolute Gasteiger partial charge is 0.231 e. The van der Waals surface area contributed by atoms with Crippen LogP contribution in [-0.4, -0.2) is 26.8 Å². The number of carbonyl (C=O) groups excluding carboxylic acids is 1. The number of carbonyl (C=O) groups is 1. The Morgan fingerprint density at radius 3 is 2.74 bits per heavy atom. The fraction of sp³-hybridized carbons (Fsp3) is 0.571. The highest BCUT2D eigenvalue weighted by Crippen LogP contribution is 2.35. The van der Waals surface area contributed by atoms with E-state index in [9.17, 15) is 10.1 Å². The standard InChI is InChI=1S/C21H28N4OS/c1-15(2)21(3,14-22)24-19(26)13-27-20-23-17-11-7-8-12-18(17)25(20)16-9-5-4-6-10-16/h7-8,11-12,15-16H,4-6,9-10,13H2,1-3H3,(H,24,26)/t21-/m1/s1. The van der Waals surface area contributed by atoms with Gasteiger partial charge in [0.25, 0.3) is 0 Å². The molecule has 1 amide bonds. The summed E-state index contributed by atoms with van der Waals surface area (Å²) in [5.74, 6) is 0.184. The molecule has 5 nitrogen and oxygen atoms in total. The highest BCUT2D eigenvalue weighted by Gasteiger charge is 2.30. The Balaban J connectivity index is 1.78. The molecule has 0 saturated heterocycles. The fourth-order valence-electron chi connectivity index (χ4n) is 3.57. The van der Waals surface area contributed by atoms with Gasteiger partial charge in [0.1, 0.15) is 5.54 Å². The van der Waals surface area contributed by atoms with Crippen molar-refractivity contribution >= 4 is 28.7 Å². The van der Waals surface area contributed by atoms with Crippen LogP contribution >= 0.6 is 11.8 Å². The van der Waals surface area contributed by atoms with Crippen molar-refractivity contribution in [1.29, 1.82) is 5.26 Å². The molecule has 1 aromatic carbocycles. The van der Waals surface area contributed by atoms with E-state index in [1.54, 1.807) is 6.92 Å². The Morgan fingerprint density at radius 1 is 1.37 bits per heavy atom. The number of rotatable bonds is 6. The summed E-state index contributed by atoms with van der Waals surface area (Å²) in [5.41, 5.74) is 1.28. The van der Waals surface area contributed by atoms with E-state index in [1.807, 2.05) is 32.0 Å². The lowest BCUT2D eigenvalue weighted by Gasteiger charge is -2.27. The van der Waals surface area contributed by atoms with E-state index in [2.05, 4.69) is 22.0 Å². The summed E-state index contributed by atoms with van der Waals surface area (Å²) in [6, 6.07) is 10.9. The zero-order chi connectivity index (χ0) is 19.4. The second kappa shape index (κ2) is 8.35. The first-order valence-electron chi connectivity index (χ1n) is 9.76. The molecule has 0 radical (unpaired) electrons. The van der Waals surface area contributed by atoms with Crippen molar-refractivity contribution in [2.24, 2.45) is 5.92 Å². The number of imidazole rings is 1. The maximum absolute atomic E-state index is 12.5. The summed E-state index contributed by atoms with van der Waals surface area (Å²) >= 11 is 1.47. The Morgan fingerprint density at radius 2 is 2.07 bits per heavy atom. The zero-order valence-corrected chi connectivity index (χ0v) is 17.2. The zero-order valence-electron chi connectivity index (χ0n) is 16.4. The lowest BCUT2D eigenvalue weighted by Crippen LogP contribution is -2.49. The van der Waals surface area contributed by atoms with Crippen molar-refractivity contribution in [3.8, 4) is 6.07 Å². The van der Waals surface area contributed by atoms with Crippen LogP contribution in [0.2, 0.25) is 0 Å². The van der Waals surface area contributed by atoms with Crippen LogP contribution in [0.25, 0.3) is 11.0 Å². The lowest BCUT2D eigenvalue weighted by atomic mass is 9.90. The van der Waals surface area contributed by atoms with Crippen molar-refractivity contribution in [2.75, 3.05) is 5.75 Å². The van der Waals surface area contributed by atoms with E-state index in [-0.39, 0.29) is 17.6 Å². The van der Waals surface area contributed by atoms with Gasteiger partial charge in [0.15, 0.2) is 5.16 Å². The third-order valence-electron chi connectivity index (χ3n) is 5.62. The molecule has 0 aliphatic heterocycles. The van der Waals surface area contributed by atoms with Crippen LogP contribution in [0, 0.1) is 17.2 Å². The molecule has 1 N–H and O–H groups in total. The number of aromatic nitrogens is 2. The molecule has 6 heteroatoms. The normalized spacial score (nSPS) is 17.6. The summed E-state index contributed by atoms with van der Waals surface area (Å²) in [6.07, 6.45) is 6.13. The summed E-state index contributed by atoms with van der Waals surface area (Å²) in [6.45, 7) is 5.66. The quantitative estimate of drug-likeness (QED) is 0.734. The Kier molecular flexibility index (Phi) is 6.11. The van der Waals surface area contributed by atoms with E-state index >= 15 is 0 Å². The second-order valence-corrected chi connectivity index (χ2v) is 8.79. The number of nitriles is 1. The maximum atomic E-state index is 12.5. The van der Waals surface area contributed by atoms with Gasteiger partial charge in [-0.3, -0.25) is 4.79 Å². The van der Waals surface area contributed by atoms with Gasteiger partial charge in [-0.2, -0.15) is 5.26 Å². The van der Waals surface area contributed by atoms with E-state index in [0.29, 0.717) is 6.04 Å². The van der Waals surface area contributed by atoms with Crippen molar-refractivity contribution in [3.05, 3.63) is 24.3 Å². The highest BCUT2D eigenvalue weighted by atomic mass is 32.2. The predicted molar refractivity (Wildman–Crippen MR) is 110 cm³/mol. The molecular formula is C21H28N4OS. The van der Waals surface area contributed by atoms with E-state index < -0.39 is 5.54 Å². The molecule has 27 heavy (non-hydrogen) atoms. The first-order valence-corrected chi connectivity index (χ1v) is 10.7. The maximum Gasteiger partial charge on any atom is 0.231 e. The van der Waals surface area contributed by atoms with Crippen molar-refractivity contribution in [1.82, 2.24) is 14.9 Å². The first-order chi connectivity index (χ1) is 12.9. The fourth-order valence-corrected chi connectivity index (χ4v) is 4.46. The summed E-state index contributed by atoms with van der Waals surface area (Å²) < 4.78 is 2.33. The van der Waals surface area contributed by atoms with E-state index in [4.69, 9.17) is 4.98 Å². The molecule has 1 fully saturated rings. The SMILES string of the molecule is CC(C)[C@@](C)(C#N)NC(=O)CSc1nc2ccccc2n1C1CCCCC1. The number of nitrogens with one attached hydrogen (secondary N) is 1. The minimum absolute atomic E-state index is 0.0447. The summed E-state index contributed by atoms with van der Waals surface area (Å²) in [5, 5.41) is 13.2. The van der Waals surface area contributed by atoms with Gasteiger partial charge in [-0.1, -0.05) is 57.0 Å². The van der Waals surface area contributed by atoms with Gasteiger partial charge in [-0.05, 0) is 37.8 Å². The topological polar surface area (TPSA) is 70.7 Å². The second-order valence-electron chi connectivity index (χ2n) is 7.85. The number of fused-ring (bicyclic) bond motifs is 1. The van der Waals surface area contributed by atoms with Gasteiger partial charge >= 0.3 is 0 Å². The molecule has 1 aromatic heterocycles.